The van der Waals surface area contributed by atoms with Crippen molar-refractivity contribution in [1.29, 1.82) is 0 Å². The van der Waals surface area contributed by atoms with E-state index in [9.17, 15) is 0 Å². The van der Waals surface area contributed by atoms with Crippen molar-refractivity contribution < 1.29 is 9.47 Å². The Morgan fingerprint density at radius 3 is 2.94 bits per heavy atom. The van der Waals surface area contributed by atoms with E-state index < -0.39 is 0 Å². The number of hydrogen-bond donors (Lipinski definition) is 0. The quantitative estimate of drug-likeness (QED) is 0.753. The number of ether oxygens (including phenoxy) is 2. The van der Waals surface area contributed by atoms with Crippen LogP contribution in [-0.2, 0) is 11.8 Å². The van der Waals surface area contributed by atoms with Gasteiger partial charge in [0.2, 0.25) is 0 Å². The minimum absolute atomic E-state index is 0.270. The summed E-state index contributed by atoms with van der Waals surface area (Å²) in [6.07, 6.45) is 2.20. The Balaban J connectivity index is 1.86. The summed E-state index contributed by atoms with van der Waals surface area (Å²) in [5.74, 6) is 0.863. The molecule has 0 bridgehead atoms. The lowest BCUT2D eigenvalue weighted by molar-refractivity contribution is 0.264. The summed E-state index contributed by atoms with van der Waals surface area (Å²) in [5.41, 5.74) is 1.95. The zero-order chi connectivity index (χ0) is 11.7. The van der Waals surface area contributed by atoms with Gasteiger partial charge in [0.15, 0.2) is 0 Å². The Labute approximate surface area is 99.8 Å². The summed E-state index contributed by atoms with van der Waals surface area (Å²) in [4.78, 5) is 0. The summed E-state index contributed by atoms with van der Waals surface area (Å²) in [7, 11) is 1.91. The van der Waals surface area contributed by atoms with Crippen LogP contribution < -0.4 is 4.74 Å². The van der Waals surface area contributed by atoms with E-state index in [4.69, 9.17) is 9.47 Å². The number of epoxide rings is 1. The Bertz CT molecular complexity index is 518. The van der Waals surface area contributed by atoms with Gasteiger partial charge in [0.1, 0.15) is 18.5 Å². The molecule has 0 unspecified atom stereocenters. The Kier molecular flexibility index (Phi) is 2.57. The zero-order valence-electron chi connectivity index (χ0n) is 9.67. The molecule has 4 heteroatoms. The molecule has 0 amide bonds. The second-order valence-corrected chi connectivity index (χ2v) is 4.14. The summed E-state index contributed by atoms with van der Waals surface area (Å²) < 4.78 is 12.7. The number of rotatable bonds is 4. The van der Waals surface area contributed by atoms with Gasteiger partial charge in [-0.3, -0.25) is 4.68 Å². The van der Waals surface area contributed by atoms with Crippen molar-refractivity contribution in [3.05, 3.63) is 36.5 Å². The molecule has 1 aromatic heterocycles. The number of benzene rings is 1. The van der Waals surface area contributed by atoms with Crippen LogP contribution in [0, 0.1) is 0 Å². The van der Waals surface area contributed by atoms with E-state index in [1.54, 1.807) is 4.68 Å². The van der Waals surface area contributed by atoms with Gasteiger partial charge < -0.3 is 9.47 Å². The van der Waals surface area contributed by atoms with Crippen LogP contribution in [0.1, 0.15) is 0 Å². The smallest absolute Gasteiger partial charge is 0.128 e. The van der Waals surface area contributed by atoms with E-state index in [1.165, 1.54) is 0 Å². The molecule has 0 saturated carbocycles. The van der Waals surface area contributed by atoms with Crippen LogP contribution in [0.15, 0.2) is 36.5 Å². The first kappa shape index (κ1) is 10.4. The summed E-state index contributed by atoms with van der Waals surface area (Å²) >= 11 is 0. The minimum Gasteiger partial charge on any atom is -0.490 e. The summed E-state index contributed by atoms with van der Waals surface area (Å²) in [5, 5.41) is 4.39. The zero-order valence-corrected chi connectivity index (χ0v) is 9.67. The molecule has 2 aromatic rings. The van der Waals surface area contributed by atoms with E-state index >= 15 is 0 Å². The van der Waals surface area contributed by atoms with E-state index in [2.05, 4.69) is 5.10 Å². The number of aromatic nitrogens is 2. The highest BCUT2D eigenvalue weighted by molar-refractivity contribution is 5.66. The van der Waals surface area contributed by atoms with Gasteiger partial charge in [-0.25, -0.2) is 0 Å². The first-order chi connectivity index (χ1) is 8.33. The van der Waals surface area contributed by atoms with Crippen molar-refractivity contribution in [1.82, 2.24) is 9.78 Å². The van der Waals surface area contributed by atoms with Gasteiger partial charge in [0, 0.05) is 18.8 Å². The highest BCUT2D eigenvalue weighted by atomic mass is 16.6. The molecular weight excluding hydrogens is 216 g/mol. The Hall–Kier alpha value is -1.81. The van der Waals surface area contributed by atoms with Crippen LogP contribution in [0.25, 0.3) is 11.3 Å². The first-order valence-corrected chi connectivity index (χ1v) is 5.66. The molecule has 1 saturated heterocycles. The molecule has 1 atom stereocenters. The second kappa shape index (κ2) is 4.22. The van der Waals surface area contributed by atoms with Crippen LogP contribution >= 0.6 is 0 Å². The maximum Gasteiger partial charge on any atom is 0.128 e. The highest BCUT2D eigenvalue weighted by Gasteiger charge is 2.23. The maximum atomic E-state index is 5.75. The molecule has 4 nitrogen and oxygen atoms in total. The van der Waals surface area contributed by atoms with Crippen molar-refractivity contribution in [2.45, 2.75) is 6.10 Å². The summed E-state index contributed by atoms with van der Waals surface area (Å²) in [6.45, 7) is 1.43. The molecule has 0 radical (unpaired) electrons. The van der Waals surface area contributed by atoms with Gasteiger partial charge in [-0.15, -0.1) is 0 Å². The third-order valence-corrected chi connectivity index (χ3v) is 2.70. The third-order valence-electron chi connectivity index (χ3n) is 2.70. The predicted molar refractivity (Wildman–Crippen MR) is 63.9 cm³/mol. The van der Waals surface area contributed by atoms with E-state index in [0.717, 1.165) is 23.6 Å². The fourth-order valence-electron chi connectivity index (χ4n) is 1.71. The maximum absolute atomic E-state index is 5.75. The standard InChI is InChI=1S/C13H14N2O2/c1-15-7-6-12(14-15)11-4-2-3-5-13(11)17-9-10-8-16-10/h2-7,10H,8-9H2,1H3/t10-/m0/s1. The number of hydrogen-bond acceptors (Lipinski definition) is 3. The molecule has 17 heavy (non-hydrogen) atoms. The van der Waals surface area contributed by atoms with Crippen molar-refractivity contribution in [2.75, 3.05) is 13.2 Å². The van der Waals surface area contributed by atoms with Gasteiger partial charge in [0.05, 0.1) is 12.3 Å². The van der Waals surface area contributed by atoms with Crippen LogP contribution in [0.2, 0.25) is 0 Å². The van der Waals surface area contributed by atoms with Crippen LogP contribution in [0.5, 0.6) is 5.75 Å². The summed E-state index contributed by atoms with van der Waals surface area (Å²) in [6, 6.07) is 9.92. The van der Waals surface area contributed by atoms with Gasteiger partial charge in [0.25, 0.3) is 0 Å². The number of nitrogens with zero attached hydrogens (tertiary/aromatic N) is 2. The molecule has 1 fully saturated rings. The van der Waals surface area contributed by atoms with Crippen molar-refractivity contribution in [3.63, 3.8) is 0 Å². The Morgan fingerprint density at radius 1 is 1.41 bits per heavy atom. The number of para-hydroxylation sites is 1. The molecule has 1 aliphatic rings. The average Bonchev–Trinajstić information content (AvgIpc) is 3.08. The molecule has 0 spiro atoms. The fourth-order valence-corrected chi connectivity index (χ4v) is 1.71. The first-order valence-electron chi connectivity index (χ1n) is 5.66. The SMILES string of the molecule is Cn1ccc(-c2ccccc2OC[C@@H]2CO2)n1. The molecular formula is C13H14N2O2. The fraction of sp³-hybridized carbons (Fsp3) is 0.308. The predicted octanol–water partition coefficient (Wildman–Crippen LogP) is 1.86. The van der Waals surface area contributed by atoms with Crippen LogP contribution in [0.3, 0.4) is 0 Å². The Morgan fingerprint density at radius 2 is 2.24 bits per heavy atom. The molecule has 1 aromatic carbocycles. The lowest BCUT2D eigenvalue weighted by atomic mass is 10.1. The second-order valence-electron chi connectivity index (χ2n) is 4.14. The van der Waals surface area contributed by atoms with Crippen molar-refractivity contribution in [3.8, 4) is 17.0 Å². The molecule has 2 heterocycles. The molecule has 88 valence electrons. The van der Waals surface area contributed by atoms with E-state index in [1.807, 2.05) is 43.6 Å². The molecule has 3 rings (SSSR count). The van der Waals surface area contributed by atoms with Crippen molar-refractivity contribution in [2.24, 2.45) is 7.05 Å². The van der Waals surface area contributed by atoms with Crippen molar-refractivity contribution >= 4 is 0 Å². The molecule has 0 N–H and O–H groups in total. The monoisotopic (exact) mass is 230 g/mol. The molecule has 0 aliphatic carbocycles. The molecule has 1 aliphatic heterocycles. The minimum atomic E-state index is 0.270. The lowest BCUT2D eigenvalue weighted by Gasteiger charge is -2.08. The normalized spacial score (nSPS) is 18.1. The van der Waals surface area contributed by atoms with Crippen LogP contribution in [-0.4, -0.2) is 29.1 Å². The highest BCUT2D eigenvalue weighted by Crippen LogP contribution is 2.28. The van der Waals surface area contributed by atoms with E-state index in [0.29, 0.717) is 6.61 Å². The average molecular weight is 230 g/mol. The lowest BCUT2D eigenvalue weighted by Crippen LogP contribution is -2.04. The topological polar surface area (TPSA) is 39.6 Å². The van der Waals surface area contributed by atoms with Gasteiger partial charge in [-0.2, -0.15) is 5.10 Å². The third kappa shape index (κ3) is 2.31. The van der Waals surface area contributed by atoms with E-state index in [-0.39, 0.29) is 6.10 Å². The van der Waals surface area contributed by atoms with Gasteiger partial charge in [-0.1, -0.05) is 12.1 Å². The van der Waals surface area contributed by atoms with Gasteiger partial charge >= 0.3 is 0 Å². The number of aryl methyl sites for hydroxylation is 1. The largest absolute Gasteiger partial charge is 0.490 e. The van der Waals surface area contributed by atoms with Gasteiger partial charge in [-0.05, 0) is 18.2 Å². The van der Waals surface area contributed by atoms with Crippen LogP contribution in [0.4, 0.5) is 0 Å².